The number of nitrogens with zero attached hydrogens (tertiary/aromatic N) is 1. The highest BCUT2D eigenvalue weighted by atomic mass is 35.5. The minimum Gasteiger partial charge on any atom is -0.308 e. The number of halogens is 2. The molecule has 0 radical (unpaired) electrons. The van der Waals surface area contributed by atoms with Gasteiger partial charge in [0.1, 0.15) is 10.3 Å². The maximum atomic E-state index is 6.87. The van der Waals surface area contributed by atoms with Crippen molar-refractivity contribution in [2.75, 3.05) is 0 Å². The fourth-order valence-electron chi connectivity index (χ4n) is 0.567. The van der Waals surface area contributed by atoms with E-state index in [2.05, 4.69) is 4.98 Å². The van der Waals surface area contributed by atoms with Crippen LogP contribution in [0.1, 0.15) is 5.56 Å². The second kappa shape index (κ2) is 2.99. The highest BCUT2D eigenvalue weighted by molar-refractivity contribution is 6.32. The molecule has 4 heteroatoms. The van der Waals surface area contributed by atoms with Gasteiger partial charge in [0.2, 0.25) is 0 Å². The molecular formula is C6H4Cl2N2. The van der Waals surface area contributed by atoms with Gasteiger partial charge in [0, 0.05) is 6.21 Å². The largest absolute Gasteiger partial charge is 0.308 e. The highest BCUT2D eigenvalue weighted by Gasteiger charge is 1.94. The lowest BCUT2D eigenvalue weighted by Crippen LogP contribution is -1.82. The van der Waals surface area contributed by atoms with E-state index in [1.807, 2.05) is 0 Å². The van der Waals surface area contributed by atoms with Crippen molar-refractivity contribution in [3.8, 4) is 0 Å². The van der Waals surface area contributed by atoms with E-state index in [0.717, 1.165) is 0 Å². The van der Waals surface area contributed by atoms with Gasteiger partial charge in [0.15, 0.2) is 0 Å². The van der Waals surface area contributed by atoms with Crippen LogP contribution in [0, 0.1) is 5.41 Å². The van der Waals surface area contributed by atoms with Crippen LogP contribution in [-0.2, 0) is 0 Å². The number of aromatic nitrogens is 1. The van der Waals surface area contributed by atoms with E-state index in [4.69, 9.17) is 28.6 Å². The quantitative estimate of drug-likeness (QED) is 0.516. The number of nitrogens with one attached hydrogen (secondary N) is 1. The molecule has 0 amide bonds. The lowest BCUT2D eigenvalue weighted by molar-refractivity contribution is 1.32. The first-order valence-corrected chi connectivity index (χ1v) is 3.31. The summed E-state index contributed by atoms with van der Waals surface area (Å²) in [4.78, 5) is 3.71. The fraction of sp³-hybridized carbons (Fsp3) is 0. The van der Waals surface area contributed by atoms with Crippen LogP contribution in [-0.4, -0.2) is 11.2 Å². The van der Waals surface area contributed by atoms with Gasteiger partial charge in [-0.1, -0.05) is 23.2 Å². The first kappa shape index (κ1) is 7.51. The molecule has 0 spiro atoms. The summed E-state index contributed by atoms with van der Waals surface area (Å²) in [5, 5.41) is 7.49. The van der Waals surface area contributed by atoms with Crippen molar-refractivity contribution < 1.29 is 0 Å². The Balaban J connectivity index is 3.18. The van der Waals surface area contributed by atoms with Gasteiger partial charge in [-0.15, -0.1) is 0 Å². The molecule has 0 aliphatic carbocycles. The van der Waals surface area contributed by atoms with Crippen LogP contribution in [0.2, 0.25) is 10.3 Å². The molecule has 1 N–H and O–H groups in total. The summed E-state index contributed by atoms with van der Waals surface area (Å²) in [6.07, 6.45) is 1.17. The number of hydrogen-bond donors (Lipinski definition) is 1. The molecule has 0 aliphatic heterocycles. The maximum Gasteiger partial charge on any atom is 0.131 e. The van der Waals surface area contributed by atoms with Crippen molar-refractivity contribution in [1.82, 2.24) is 4.98 Å². The Labute approximate surface area is 68.3 Å². The standard InChI is InChI=1S/C6H4Cl2N2/c7-5-1-4(3-9)2-6(8)10-5/h1-3,9H. The number of hydrogen-bond acceptors (Lipinski definition) is 2. The van der Waals surface area contributed by atoms with Crippen molar-refractivity contribution in [2.45, 2.75) is 0 Å². The maximum absolute atomic E-state index is 6.87. The van der Waals surface area contributed by atoms with E-state index in [0.29, 0.717) is 15.9 Å². The molecule has 10 heavy (non-hydrogen) atoms. The lowest BCUT2D eigenvalue weighted by atomic mass is 10.3. The SMILES string of the molecule is N=Cc1cc(Cl)nc(Cl)c1. The molecule has 0 atom stereocenters. The van der Waals surface area contributed by atoms with Crippen LogP contribution in [0.3, 0.4) is 0 Å². The molecular weight excluding hydrogens is 171 g/mol. The summed E-state index contributed by atoms with van der Waals surface area (Å²) < 4.78 is 0. The molecule has 1 heterocycles. The van der Waals surface area contributed by atoms with E-state index in [1.165, 1.54) is 6.21 Å². The van der Waals surface area contributed by atoms with Crippen molar-refractivity contribution in [3.05, 3.63) is 28.0 Å². The highest BCUT2D eigenvalue weighted by Crippen LogP contribution is 2.12. The summed E-state index contributed by atoms with van der Waals surface area (Å²) in [5.74, 6) is 0. The minimum atomic E-state index is 0.311. The summed E-state index contributed by atoms with van der Waals surface area (Å²) in [6, 6.07) is 3.14. The second-order valence-electron chi connectivity index (χ2n) is 1.69. The molecule has 0 saturated heterocycles. The number of pyridine rings is 1. The third kappa shape index (κ3) is 1.69. The van der Waals surface area contributed by atoms with Gasteiger partial charge in [-0.05, 0) is 17.7 Å². The smallest absolute Gasteiger partial charge is 0.131 e. The summed E-state index contributed by atoms with van der Waals surface area (Å²) in [6.45, 7) is 0. The van der Waals surface area contributed by atoms with Gasteiger partial charge in [-0.2, -0.15) is 0 Å². The molecule has 1 aromatic rings. The Morgan fingerprint density at radius 3 is 2.20 bits per heavy atom. The Kier molecular flexibility index (Phi) is 2.25. The van der Waals surface area contributed by atoms with Crippen LogP contribution < -0.4 is 0 Å². The lowest BCUT2D eigenvalue weighted by Gasteiger charge is -1.93. The van der Waals surface area contributed by atoms with Crippen LogP contribution in [0.15, 0.2) is 12.1 Å². The molecule has 0 fully saturated rings. The van der Waals surface area contributed by atoms with E-state index < -0.39 is 0 Å². The molecule has 0 saturated carbocycles. The summed E-state index contributed by atoms with van der Waals surface area (Å²) in [7, 11) is 0. The van der Waals surface area contributed by atoms with E-state index >= 15 is 0 Å². The molecule has 0 bridgehead atoms. The first-order chi connectivity index (χ1) is 4.72. The van der Waals surface area contributed by atoms with Crippen molar-refractivity contribution in [2.24, 2.45) is 0 Å². The van der Waals surface area contributed by atoms with E-state index in [1.54, 1.807) is 12.1 Å². The minimum absolute atomic E-state index is 0.311. The number of rotatable bonds is 1. The molecule has 0 unspecified atom stereocenters. The van der Waals surface area contributed by atoms with Crippen molar-refractivity contribution >= 4 is 29.4 Å². The van der Waals surface area contributed by atoms with Crippen molar-refractivity contribution in [3.63, 3.8) is 0 Å². The Bertz CT molecular complexity index is 240. The molecule has 1 rings (SSSR count). The molecule has 2 nitrogen and oxygen atoms in total. The van der Waals surface area contributed by atoms with Gasteiger partial charge in [0.05, 0.1) is 0 Å². The van der Waals surface area contributed by atoms with Gasteiger partial charge >= 0.3 is 0 Å². The normalized spacial score (nSPS) is 9.40. The predicted octanol–water partition coefficient (Wildman–Crippen LogP) is 2.39. The van der Waals surface area contributed by atoms with Crippen LogP contribution in [0.4, 0.5) is 0 Å². The zero-order valence-electron chi connectivity index (χ0n) is 4.94. The first-order valence-electron chi connectivity index (χ1n) is 2.56. The Morgan fingerprint density at radius 2 is 1.80 bits per heavy atom. The molecule has 0 aromatic carbocycles. The third-order valence-corrected chi connectivity index (χ3v) is 1.34. The fourth-order valence-corrected chi connectivity index (χ4v) is 1.04. The van der Waals surface area contributed by atoms with Gasteiger partial charge in [-0.3, -0.25) is 0 Å². The van der Waals surface area contributed by atoms with E-state index in [-0.39, 0.29) is 0 Å². The topological polar surface area (TPSA) is 36.7 Å². The molecule has 52 valence electrons. The van der Waals surface area contributed by atoms with Crippen LogP contribution in [0.5, 0.6) is 0 Å². The zero-order chi connectivity index (χ0) is 7.56. The van der Waals surface area contributed by atoms with Gasteiger partial charge in [-0.25, -0.2) is 4.98 Å². The molecule has 0 aliphatic rings. The van der Waals surface area contributed by atoms with E-state index in [9.17, 15) is 0 Å². The third-order valence-electron chi connectivity index (χ3n) is 0.952. The van der Waals surface area contributed by atoms with Crippen molar-refractivity contribution in [1.29, 1.82) is 5.41 Å². The average Bonchev–Trinajstić information content (AvgIpc) is 1.85. The van der Waals surface area contributed by atoms with Crippen LogP contribution in [0.25, 0.3) is 0 Å². The Morgan fingerprint density at radius 1 is 1.30 bits per heavy atom. The zero-order valence-corrected chi connectivity index (χ0v) is 6.45. The monoisotopic (exact) mass is 174 g/mol. The Hall–Kier alpha value is -0.600. The summed E-state index contributed by atoms with van der Waals surface area (Å²) >= 11 is 11.1. The molecule has 1 aromatic heterocycles. The van der Waals surface area contributed by atoms with Gasteiger partial charge < -0.3 is 5.41 Å². The van der Waals surface area contributed by atoms with Crippen LogP contribution >= 0.6 is 23.2 Å². The predicted molar refractivity (Wildman–Crippen MR) is 42.1 cm³/mol. The second-order valence-corrected chi connectivity index (χ2v) is 2.46. The average molecular weight is 175 g/mol. The summed E-state index contributed by atoms with van der Waals surface area (Å²) in [5.41, 5.74) is 0.657. The van der Waals surface area contributed by atoms with Gasteiger partial charge in [0.25, 0.3) is 0 Å².